The highest BCUT2D eigenvalue weighted by molar-refractivity contribution is 5.04. The monoisotopic (exact) mass is 122 g/mol. The first-order valence-corrected chi connectivity index (χ1v) is 2.73. The maximum Gasteiger partial charge on any atom is 0.193 e. The van der Waals surface area contributed by atoms with Crippen molar-refractivity contribution in [3.63, 3.8) is 0 Å². The molecule has 0 saturated carbocycles. The van der Waals surface area contributed by atoms with E-state index >= 15 is 0 Å². The van der Waals surface area contributed by atoms with Crippen LogP contribution >= 0.6 is 0 Å². The minimum atomic E-state index is 0.495. The van der Waals surface area contributed by atoms with Gasteiger partial charge < -0.3 is 5.21 Å². The molecule has 0 fully saturated rings. The molecule has 0 amide bonds. The van der Waals surface area contributed by atoms with E-state index in [0.29, 0.717) is 11.4 Å². The van der Waals surface area contributed by atoms with Crippen LogP contribution in [0.25, 0.3) is 0 Å². The smallest absolute Gasteiger partial charge is 0.193 e. The van der Waals surface area contributed by atoms with Crippen LogP contribution in [0.2, 0.25) is 0 Å². The molecule has 1 heterocycles. The maximum atomic E-state index is 10.8. The molecule has 2 heteroatoms. The van der Waals surface area contributed by atoms with Crippen LogP contribution in [0.15, 0.2) is 18.2 Å². The zero-order valence-electron chi connectivity index (χ0n) is 5.29. The van der Waals surface area contributed by atoms with E-state index in [4.69, 9.17) is 0 Å². The summed E-state index contributed by atoms with van der Waals surface area (Å²) in [5.41, 5.74) is 1.18. The van der Waals surface area contributed by atoms with Crippen LogP contribution in [-0.4, -0.2) is 0 Å². The van der Waals surface area contributed by atoms with Crippen molar-refractivity contribution < 1.29 is 4.73 Å². The fourth-order valence-electron chi connectivity index (χ4n) is 0.660. The molecule has 0 atom stereocenters. The van der Waals surface area contributed by atoms with Gasteiger partial charge in [-0.3, -0.25) is 0 Å². The van der Waals surface area contributed by atoms with Crippen LogP contribution in [0.4, 0.5) is 0 Å². The van der Waals surface area contributed by atoms with Gasteiger partial charge in [0.05, 0.1) is 0 Å². The molecule has 47 valence electrons. The molecule has 0 aliphatic rings. The summed E-state index contributed by atoms with van der Waals surface area (Å²) in [6.45, 7) is 5.28. The molecule has 1 aromatic rings. The van der Waals surface area contributed by atoms with Crippen LogP contribution in [0.5, 0.6) is 0 Å². The maximum absolute atomic E-state index is 10.8. The molecule has 0 spiro atoms. The summed E-state index contributed by atoms with van der Waals surface area (Å²) in [4.78, 5) is 0. The third-order valence-electron chi connectivity index (χ3n) is 1.21. The Hall–Kier alpha value is -1.05. The standard InChI is InChI=1S/C7H8NO/c1-6-4-3-5-7(2)8(6)9/h3-5H,1H2,2H3. The molecule has 0 N–H and O–H groups in total. The average molecular weight is 122 g/mol. The van der Waals surface area contributed by atoms with Gasteiger partial charge >= 0.3 is 0 Å². The van der Waals surface area contributed by atoms with Gasteiger partial charge in [-0.25, -0.2) is 0 Å². The number of hydrogen-bond acceptors (Lipinski definition) is 1. The molecule has 0 aromatic carbocycles. The van der Waals surface area contributed by atoms with Gasteiger partial charge in [0.25, 0.3) is 0 Å². The molecule has 9 heavy (non-hydrogen) atoms. The van der Waals surface area contributed by atoms with Crippen LogP contribution in [0.3, 0.4) is 0 Å². The van der Waals surface area contributed by atoms with E-state index in [-0.39, 0.29) is 0 Å². The topological polar surface area (TPSA) is 26.9 Å². The van der Waals surface area contributed by atoms with E-state index in [2.05, 4.69) is 6.92 Å². The molecule has 1 radical (unpaired) electrons. The van der Waals surface area contributed by atoms with Crippen molar-refractivity contribution in [2.45, 2.75) is 6.92 Å². The fourth-order valence-corrected chi connectivity index (χ4v) is 0.660. The van der Waals surface area contributed by atoms with Crippen molar-refractivity contribution in [2.75, 3.05) is 0 Å². The second kappa shape index (κ2) is 2.05. The number of aromatic nitrogens is 1. The summed E-state index contributed by atoms with van der Waals surface area (Å²) in [6, 6.07) is 5.24. The van der Waals surface area contributed by atoms with Gasteiger partial charge in [-0.1, -0.05) is 0 Å². The van der Waals surface area contributed by atoms with E-state index in [1.807, 2.05) is 6.07 Å². The lowest BCUT2D eigenvalue weighted by atomic mass is 10.3. The minimum absolute atomic E-state index is 0.495. The number of aryl methyl sites for hydroxylation is 1. The van der Waals surface area contributed by atoms with Gasteiger partial charge in [-0.2, -0.15) is 4.73 Å². The van der Waals surface area contributed by atoms with Crippen molar-refractivity contribution in [3.8, 4) is 0 Å². The molecule has 0 unspecified atom stereocenters. The quantitative estimate of drug-likeness (QED) is 0.369. The lowest BCUT2D eigenvalue weighted by molar-refractivity contribution is -0.616. The minimum Gasteiger partial charge on any atom is -0.618 e. The highest BCUT2D eigenvalue weighted by Gasteiger charge is 1.98. The van der Waals surface area contributed by atoms with Crippen LogP contribution in [0.1, 0.15) is 11.4 Å². The van der Waals surface area contributed by atoms with Crippen molar-refractivity contribution in [2.24, 2.45) is 0 Å². The van der Waals surface area contributed by atoms with Gasteiger partial charge in [-0.15, -0.1) is 0 Å². The van der Waals surface area contributed by atoms with Crippen molar-refractivity contribution in [3.05, 3.63) is 41.7 Å². The third kappa shape index (κ3) is 1.02. The predicted octanol–water partition coefficient (Wildman–Crippen LogP) is 0.811. The Morgan fingerprint density at radius 2 is 2.22 bits per heavy atom. The summed E-state index contributed by atoms with van der Waals surface area (Å²) >= 11 is 0. The van der Waals surface area contributed by atoms with E-state index in [1.165, 1.54) is 0 Å². The zero-order valence-corrected chi connectivity index (χ0v) is 5.29. The Balaban J connectivity index is 3.25. The SMILES string of the molecule is [CH2]c1cccc(C)[n+]1[O-]. The molecular weight excluding hydrogens is 114 g/mol. The molecule has 1 aromatic heterocycles. The molecule has 2 nitrogen and oxygen atoms in total. The molecule has 0 saturated heterocycles. The van der Waals surface area contributed by atoms with Gasteiger partial charge in [0.15, 0.2) is 11.4 Å². The van der Waals surface area contributed by atoms with Crippen molar-refractivity contribution in [1.82, 2.24) is 0 Å². The van der Waals surface area contributed by atoms with E-state index < -0.39 is 0 Å². The summed E-state index contributed by atoms with van der Waals surface area (Å²) < 4.78 is 0.806. The first-order valence-electron chi connectivity index (χ1n) is 2.73. The summed E-state index contributed by atoms with van der Waals surface area (Å²) in [6.07, 6.45) is 0. The van der Waals surface area contributed by atoms with E-state index in [0.717, 1.165) is 4.73 Å². The Kier molecular flexibility index (Phi) is 1.39. The normalized spacial score (nSPS) is 9.56. The molecule has 0 aliphatic carbocycles. The molecule has 1 rings (SSSR count). The number of pyridine rings is 1. The number of nitrogens with zero attached hydrogens (tertiary/aromatic N) is 1. The van der Waals surface area contributed by atoms with Crippen LogP contribution in [0, 0.1) is 19.1 Å². The number of hydrogen-bond donors (Lipinski definition) is 0. The Morgan fingerprint density at radius 1 is 1.56 bits per heavy atom. The Morgan fingerprint density at radius 3 is 2.67 bits per heavy atom. The van der Waals surface area contributed by atoms with Crippen LogP contribution < -0.4 is 4.73 Å². The van der Waals surface area contributed by atoms with E-state index in [1.54, 1.807) is 19.1 Å². The Bertz CT molecular complexity index is 200. The predicted molar refractivity (Wildman–Crippen MR) is 34.6 cm³/mol. The average Bonchev–Trinajstić information content (AvgIpc) is 1.83. The van der Waals surface area contributed by atoms with E-state index in [9.17, 15) is 5.21 Å². The lowest BCUT2D eigenvalue weighted by Gasteiger charge is -2.00. The summed E-state index contributed by atoms with van der Waals surface area (Å²) in [7, 11) is 0. The molecular formula is C7H8NO. The van der Waals surface area contributed by atoms with Crippen LogP contribution in [-0.2, 0) is 0 Å². The van der Waals surface area contributed by atoms with Crippen molar-refractivity contribution in [1.29, 1.82) is 0 Å². The highest BCUT2D eigenvalue weighted by Crippen LogP contribution is 1.91. The fraction of sp³-hybridized carbons (Fsp3) is 0.143. The molecule has 0 aliphatic heterocycles. The summed E-state index contributed by atoms with van der Waals surface area (Å²) in [5, 5.41) is 10.8. The second-order valence-electron chi connectivity index (χ2n) is 1.95. The van der Waals surface area contributed by atoms with Gasteiger partial charge in [0.1, 0.15) is 0 Å². The highest BCUT2D eigenvalue weighted by atomic mass is 16.5. The largest absolute Gasteiger partial charge is 0.618 e. The van der Waals surface area contributed by atoms with Gasteiger partial charge in [-0.05, 0) is 6.07 Å². The first kappa shape index (κ1) is 6.08. The summed E-state index contributed by atoms with van der Waals surface area (Å²) in [5.74, 6) is 0. The Labute approximate surface area is 54.3 Å². The zero-order chi connectivity index (χ0) is 6.85. The third-order valence-corrected chi connectivity index (χ3v) is 1.21. The molecule has 0 bridgehead atoms. The van der Waals surface area contributed by atoms with Gasteiger partial charge in [0, 0.05) is 26.0 Å². The van der Waals surface area contributed by atoms with Gasteiger partial charge in [0.2, 0.25) is 0 Å². The van der Waals surface area contributed by atoms with Crippen molar-refractivity contribution >= 4 is 0 Å². The lowest BCUT2D eigenvalue weighted by Crippen LogP contribution is -2.32. The number of rotatable bonds is 0. The second-order valence-corrected chi connectivity index (χ2v) is 1.95. The first-order chi connectivity index (χ1) is 4.22.